The molecule has 0 saturated heterocycles. The van der Waals surface area contributed by atoms with Crippen molar-refractivity contribution in [2.75, 3.05) is 7.11 Å². The predicted octanol–water partition coefficient (Wildman–Crippen LogP) is 2.23. The molecule has 0 amide bonds. The molecule has 2 aromatic carbocycles. The molecular formula is C14H9BF6O. The third-order valence-electron chi connectivity index (χ3n) is 3.27. The van der Waals surface area contributed by atoms with Crippen molar-refractivity contribution in [2.45, 2.75) is 6.92 Å². The molecule has 0 radical (unpaired) electrons. The Morgan fingerprint density at radius 3 is 1.82 bits per heavy atom. The number of methoxy groups -OCH3 is 1. The standard InChI is InChI=1S/C14H9BF6O/c1-5-6(16)3-7(17)10(12(5)20)15-11-8(18)4-9(19)14(22-2)13(11)21/h3-4,15H,1-2H3. The van der Waals surface area contributed by atoms with Gasteiger partial charge >= 0.3 is 0 Å². The molecule has 0 unspecified atom stereocenters. The van der Waals surface area contributed by atoms with Crippen LogP contribution in [0, 0.1) is 41.8 Å². The van der Waals surface area contributed by atoms with E-state index in [-0.39, 0.29) is 0 Å². The van der Waals surface area contributed by atoms with Crippen molar-refractivity contribution < 1.29 is 31.1 Å². The number of benzene rings is 2. The van der Waals surface area contributed by atoms with E-state index in [1.54, 1.807) is 0 Å². The topological polar surface area (TPSA) is 9.23 Å². The molecule has 2 rings (SSSR count). The number of hydrogen-bond donors (Lipinski definition) is 0. The third kappa shape index (κ3) is 2.65. The van der Waals surface area contributed by atoms with Crippen LogP contribution in [-0.2, 0) is 0 Å². The van der Waals surface area contributed by atoms with E-state index < -0.39 is 64.4 Å². The van der Waals surface area contributed by atoms with Gasteiger partial charge in [-0.3, -0.25) is 0 Å². The molecule has 116 valence electrons. The maximum absolute atomic E-state index is 14.0. The molecule has 2 aromatic rings. The van der Waals surface area contributed by atoms with Crippen LogP contribution in [0.3, 0.4) is 0 Å². The average Bonchev–Trinajstić information content (AvgIpc) is 2.44. The maximum Gasteiger partial charge on any atom is 0.207 e. The molecule has 0 fully saturated rings. The number of halogens is 6. The van der Waals surface area contributed by atoms with E-state index in [9.17, 15) is 26.3 Å². The smallest absolute Gasteiger partial charge is 0.207 e. The Kier molecular flexibility index (Phi) is 4.39. The fourth-order valence-electron chi connectivity index (χ4n) is 2.04. The second-order valence-electron chi connectivity index (χ2n) is 4.60. The number of ether oxygens (including phenoxy) is 1. The van der Waals surface area contributed by atoms with Gasteiger partial charge in [0.15, 0.2) is 17.4 Å². The van der Waals surface area contributed by atoms with Crippen LogP contribution in [0.4, 0.5) is 26.3 Å². The van der Waals surface area contributed by atoms with Crippen molar-refractivity contribution in [3.05, 3.63) is 52.6 Å². The molecule has 0 atom stereocenters. The Hall–Kier alpha value is -2.12. The summed E-state index contributed by atoms with van der Waals surface area (Å²) in [6.45, 7) is 1.06. The molecule has 0 aliphatic carbocycles. The van der Waals surface area contributed by atoms with Gasteiger partial charge in [0.25, 0.3) is 0 Å². The van der Waals surface area contributed by atoms with Crippen molar-refractivity contribution >= 4 is 18.2 Å². The summed E-state index contributed by atoms with van der Waals surface area (Å²) in [5.74, 6) is -8.52. The molecule has 0 N–H and O–H groups in total. The molecule has 0 aliphatic rings. The van der Waals surface area contributed by atoms with Crippen LogP contribution >= 0.6 is 0 Å². The SMILES string of the molecule is COc1c(F)cc(F)c(Bc2c(F)cc(F)c(C)c2F)c1F. The van der Waals surface area contributed by atoms with Crippen LogP contribution in [0.2, 0.25) is 0 Å². The zero-order chi connectivity index (χ0) is 16.6. The van der Waals surface area contributed by atoms with Gasteiger partial charge in [0.2, 0.25) is 7.28 Å². The second-order valence-corrected chi connectivity index (χ2v) is 4.60. The van der Waals surface area contributed by atoms with Gasteiger partial charge < -0.3 is 4.74 Å². The first kappa shape index (κ1) is 16.3. The summed E-state index contributed by atoms with van der Waals surface area (Å²) in [7, 11) is 0.111. The van der Waals surface area contributed by atoms with Gasteiger partial charge in [-0.05, 0) is 17.8 Å². The molecule has 0 aromatic heterocycles. The fourth-order valence-corrected chi connectivity index (χ4v) is 2.04. The Morgan fingerprint density at radius 2 is 1.27 bits per heavy atom. The quantitative estimate of drug-likeness (QED) is 0.623. The monoisotopic (exact) mass is 318 g/mol. The van der Waals surface area contributed by atoms with Gasteiger partial charge in [0, 0.05) is 17.7 Å². The van der Waals surface area contributed by atoms with Crippen LogP contribution in [0.1, 0.15) is 5.56 Å². The van der Waals surface area contributed by atoms with Gasteiger partial charge in [0.05, 0.1) is 7.11 Å². The first-order chi connectivity index (χ1) is 10.3. The number of rotatable bonds is 3. The molecule has 0 bridgehead atoms. The molecule has 0 heterocycles. The Morgan fingerprint density at radius 1 is 0.773 bits per heavy atom. The van der Waals surface area contributed by atoms with Crippen LogP contribution in [0.25, 0.3) is 0 Å². The first-order valence-electron chi connectivity index (χ1n) is 6.11. The molecule has 1 nitrogen and oxygen atoms in total. The van der Waals surface area contributed by atoms with E-state index >= 15 is 0 Å². The maximum atomic E-state index is 14.0. The van der Waals surface area contributed by atoms with E-state index in [0.29, 0.717) is 12.1 Å². The van der Waals surface area contributed by atoms with Crippen molar-refractivity contribution in [3.8, 4) is 5.75 Å². The summed E-state index contributed by atoms with van der Waals surface area (Å²) in [6.07, 6.45) is 0. The lowest BCUT2D eigenvalue weighted by molar-refractivity contribution is 0.358. The van der Waals surface area contributed by atoms with E-state index in [1.165, 1.54) is 0 Å². The minimum Gasteiger partial charge on any atom is -0.491 e. The van der Waals surface area contributed by atoms with Gasteiger partial charge in [0.1, 0.15) is 23.3 Å². The summed E-state index contributed by atoms with van der Waals surface area (Å²) in [5, 5.41) is 0. The molecule has 0 saturated carbocycles. The minimum atomic E-state index is -1.40. The fraction of sp³-hybridized carbons (Fsp3) is 0.143. The zero-order valence-electron chi connectivity index (χ0n) is 11.5. The van der Waals surface area contributed by atoms with Crippen LogP contribution in [0.5, 0.6) is 5.75 Å². The zero-order valence-corrected chi connectivity index (χ0v) is 11.5. The van der Waals surface area contributed by atoms with E-state index in [0.717, 1.165) is 14.0 Å². The van der Waals surface area contributed by atoms with Crippen molar-refractivity contribution in [2.24, 2.45) is 0 Å². The molecular weight excluding hydrogens is 309 g/mol. The Labute approximate surface area is 122 Å². The lowest BCUT2D eigenvalue weighted by Crippen LogP contribution is -2.37. The molecule has 0 spiro atoms. The average molecular weight is 318 g/mol. The van der Waals surface area contributed by atoms with Gasteiger partial charge in [-0.15, -0.1) is 0 Å². The molecule has 8 heteroatoms. The summed E-state index contributed by atoms with van der Waals surface area (Å²) in [4.78, 5) is 0. The summed E-state index contributed by atoms with van der Waals surface area (Å²) < 4.78 is 86.2. The highest BCUT2D eigenvalue weighted by atomic mass is 19.2. The Balaban J connectivity index is 2.60. The Bertz CT molecular complexity index is 747. The normalized spacial score (nSPS) is 10.7. The van der Waals surface area contributed by atoms with Crippen LogP contribution in [0.15, 0.2) is 12.1 Å². The van der Waals surface area contributed by atoms with Gasteiger partial charge in [-0.25, -0.2) is 26.3 Å². The van der Waals surface area contributed by atoms with E-state index in [2.05, 4.69) is 4.74 Å². The highest BCUT2D eigenvalue weighted by molar-refractivity contribution is 6.67. The minimum absolute atomic E-state index is 0.351. The van der Waals surface area contributed by atoms with E-state index in [4.69, 9.17) is 0 Å². The number of hydrogen-bond acceptors (Lipinski definition) is 1. The summed E-state index contributed by atoms with van der Waals surface area (Å²) in [6, 6.07) is 0.772. The summed E-state index contributed by atoms with van der Waals surface area (Å²) >= 11 is 0. The molecule has 0 aliphatic heterocycles. The third-order valence-corrected chi connectivity index (χ3v) is 3.27. The van der Waals surface area contributed by atoms with Gasteiger partial charge in [-0.2, -0.15) is 0 Å². The predicted molar refractivity (Wildman–Crippen MR) is 70.3 cm³/mol. The first-order valence-corrected chi connectivity index (χ1v) is 6.11. The van der Waals surface area contributed by atoms with Crippen LogP contribution < -0.4 is 15.7 Å². The van der Waals surface area contributed by atoms with Crippen LogP contribution in [-0.4, -0.2) is 14.4 Å². The van der Waals surface area contributed by atoms with Crippen molar-refractivity contribution in [1.29, 1.82) is 0 Å². The molecule has 22 heavy (non-hydrogen) atoms. The van der Waals surface area contributed by atoms with Crippen molar-refractivity contribution in [1.82, 2.24) is 0 Å². The second kappa shape index (κ2) is 5.94. The van der Waals surface area contributed by atoms with Gasteiger partial charge in [-0.1, -0.05) is 0 Å². The summed E-state index contributed by atoms with van der Waals surface area (Å²) in [5.41, 5.74) is -1.97. The lowest BCUT2D eigenvalue weighted by Gasteiger charge is -2.11. The van der Waals surface area contributed by atoms with Crippen molar-refractivity contribution in [3.63, 3.8) is 0 Å². The lowest BCUT2D eigenvalue weighted by atomic mass is 9.62. The highest BCUT2D eigenvalue weighted by Gasteiger charge is 2.24. The van der Waals surface area contributed by atoms with E-state index in [1.807, 2.05) is 0 Å². The highest BCUT2D eigenvalue weighted by Crippen LogP contribution is 2.21. The largest absolute Gasteiger partial charge is 0.491 e.